The average Bonchev–Trinajstić information content (AvgIpc) is 2.72. The summed E-state index contributed by atoms with van der Waals surface area (Å²) in [5.41, 5.74) is 6.71. The number of hydrogen-bond donors (Lipinski definition) is 2. The summed E-state index contributed by atoms with van der Waals surface area (Å²) in [5, 5.41) is 4.02. The first-order valence-electron chi connectivity index (χ1n) is 5.48. The van der Waals surface area contributed by atoms with Gasteiger partial charge in [0.15, 0.2) is 16.6 Å². The maximum atomic E-state index is 12.7. The SMILES string of the molecule is COc1c(N)nsc1NCCc1ccc(F)cc1. The highest BCUT2D eigenvalue weighted by Gasteiger charge is 2.10. The molecule has 2 rings (SSSR count). The summed E-state index contributed by atoms with van der Waals surface area (Å²) in [6.07, 6.45) is 0.793. The Balaban J connectivity index is 1.90. The molecule has 0 bridgehead atoms. The number of benzene rings is 1. The summed E-state index contributed by atoms with van der Waals surface area (Å²) in [6.45, 7) is 0.712. The summed E-state index contributed by atoms with van der Waals surface area (Å²) in [4.78, 5) is 0. The van der Waals surface area contributed by atoms with E-state index in [0.29, 0.717) is 18.1 Å². The van der Waals surface area contributed by atoms with Crippen molar-refractivity contribution in [2.75, 3.05) is 24.7 Å². The van der Waals surface area contributed by atoms with Gasteiger partial charge in [-0.2, -0.15) is 4.37 Å². The van der Waals surface area contributed by atoms with Crippen molar-refractivity contribution in [1.29, 1.82) is 0 Å². The molecule has 1 aromatic heterocycles. The van der Waals surface area contributed by atoms with Crippen LogP contribution >= 0.6 is 11.5 Å². The fourth-order valence-electron chi connectivity index (χ4n) is 1.58. The third-order valence-electron chi connectivity index (χ3n) is 2.49. The smallest absolute Gasteiger partial charge is 0.197 e. The Labute approximate surface area is 109 Å². The Morgan fingerprint density at radius 2 is 2.11 bits per heavy atom. The van der Waals surface area contributed by atoms with Gasteiger partial charge in [0, 0.05) is 6.54 Å². The van der Waals surface area contributed by atoms with E-state index in [1.807, 2.05) is 0 Å². The number of ether oxygens (including phenoxy) is 1. The molecule has 4 nitrogen and oxygen atoms in total. The highest BCUT2D eigenvalue weighted by atomic mass is 32.1. The third-order valence-corrected chi connectivity index (χ3v) is 3.29. The molecule has 0 aliphatic carbocycles. The molecule has 1 heterocycles. The monoisotopic (exact) mass is 267 g/mol. The first-order chi connectivity index (χ1) is 8.70. The van der Waals surface area contributed by atoms with Crippen LogP contribution in [0.3, 0.4) is 0 Å². The van der Waals surface area contributed by atoms with Gasteiger partial charge in [-0.25, -0.2) is 4.39 Å². The molecule has 0 atom stereocenters. The number of nitrogens with one attached hydrogen (secondary N) is 1. The van der Waals surface area contributed by atoms with E-state index in [-0.39, 0.29) is 5.82 Å². The lowest BCUT2D eigenvalue weighted by molar-refractivity contribution is 0.419. The second-order valence-electron chi connectivity index (χ2n) is 3.73. The fourth-order valence-corrected chi connectivity index (χ4v) is 2.29. The molecule has 3 N–H and O–H groups in total. The molecule has 0 amide bonds. The van der Waals surface area contributed by atoms with Crippen molar-refractivity contribution in [3.8, 4) is 5.75 Å². The van der Waals surface area contributed by atoms with Crippen LogP contribution in [-0.4, -0.2) is 18.0 Å². The lowest BCUT2D eigenvalue weighted by atomic mass is 10.1. The van der Waals surface area contributed by atoms with E-state index < -0.39 is 0 Å². The minimum atomic E-state index is -0.219. The number of rotatable bonds is 5. The van der Waals surface area contributed by atoms with Crippen LogP contribution in [0.1, 0.15) is 5.56 Å². The van der Waals surface area contributed by atoms with E-state index in [1.165, 1.54) is 23.7 Å². The minimum absolute atomic E-state index is 0.219. The van der Waals surface area contributed by atoms with Crippen LogP contribution in [0.5, 0.6) is 5.75 Å². The summed E-state index contributed by atoms with van der Waals surface area (Å²) in [5.74, 6) is 0.759. The van der Waals surface area contributed by atoms with Crippen LogP contribution < -0.4 is 15.8 Å². The van der Waals surface area contributed by atoms with Crippen molar-refractivity contribution in [3.05, 3.63) is 35.6 Å². The number of nitrogens with zero attached hydrogens (tertiary/aromatic N) is 1. The highest BCUT2D eigenvalue weighted by Crippen LogP contribution is 2.34. The lowest BCUT2D eigenvalue weighted by Crippen LogP contribution is -2.04. The van der Waals surface area contributed by atoms with Crippen LogP contribution in [0.2, 0.25) is 0 Å². The topological polar surface area (TPSA) is 60.2 Å². The van der Waals surface area contributed by atoms with Gasteiger partial charge >= 0.3 is 0 Å². The largest absolute Gasteiger partial charge is 0.490 e. The maximum Gasteiger partial charge on any atom is 0.197 e. The van der Waals surface area contributed by atoms with Crippen LogP contribution in [0, 0.1) is 5.82 Å². The number of halogens is 1. The van der Waals surface area contributed by atoms with E-state index >= 15 is 0 Å². The van der Waals surface area contributed by atoms with E-state index in [9.17, 15) is 4.39 Å². The van der Waals surface area contributed by atoms with Crippen molar-refractivity contribution in [1.82, 2.24) is 4.37 Å². The Kier molecular flexibility index (Phi) is 3.99. The summed E-state index contributed by atoms with van der Waals surface area (Å²) < 4.78 is 21.9. The number of anilines is 2. The van der Waals surface area contributed by atoms with Gasteiger partial charge in [0.25, 0.3) is 0 Å². The first-order valence-corrected chi connectivity index (χ1v) is 6.25. The van der Waals surface area contributed by atoms with Gasteiger partial charge in [-0.15, -0.1) is 0 Å². The molecule has 0 saturated carbocycles. The van der Waals surface area contributed by atoms with Crippen LogP contribution in [-0.2, 0) is 6.42 Å². The van der Waals surface area contributed by atoms with Gasteiger partial charge < -0.3 is 15.8 Å². The molecule has 0 saturated heterocycles. The van der Waals surface area contributed by atoms with Gasteiger partial charge in [0.2, 0.25) is 0 Å². The van der Waals surface area contributed by atoms with Gasteiger partial charge in [0.05, 0.1) is 7.11 Å². The quantitative estimate of drug-likeness (QED) is 0.874. The zero-order valence-electron chi connectivity index (χ0n) is 9.94. The third kappa shape index (κ3) is 2.89. The minimum Gasteiger partial charge on any atom is -0.490 e. The zero-order chi connectivity index (χ0) is 13.0. The molecule has 0 aliphatic heterocycles. The van der Waals surface area contributed by atoms with Crippen LogP contribution in [0.4, 0.5) is 15.2 Å². The Hall–Kier alpha value is -1.82. The lowest BCUT2D eigenvalue weighted by Gasteiger charge is -2.06. The van der Waals surface area contributed by atoms with Gasteiger partial charge in [0.1, 0.15) is 5.82 Å². The molecule has 0 unspecified atom stereocenters. The van der Waals surface area contributed by atoms with Crippen molar-refractivity contribution in [2.45, 2.75) is 6.42 Å². The van der Waals surface area contributed by atoms with Crippen LogP contribution in [0.25, 0.3) is 0 Å². The van der Waals surface area contributed by atoms with Crippen molar-refractivity contribution in [2.24, 2.45) is 0 Å². The molecular formula is C12H14FN3OS. The number of hydrogen-bond acceptors (Lipinski definition) is 5. The summed E-state index contributed by atoms with van der Waals surface area (Å²) >= 11 is 1.27. The highest BCUT2D eigenvalue weighted by molar-refractivity contribution is 7.11. The Morgan fingerprint density at radius 1 is 1.39 bits per heavy atom. The predicted octanol–water partition coefficient (Wildman–Crippen LogP) is 2.53. The first kappa shape index (κ1) is 12.6. The molecule has 0 aliphatic rings. The molecule has 1 aromatic carbocycles. The second-order valence-corrected chi connectivity index (χ2v) is 4.51. The normalized spacial score (nSPS) is 10.3. The second kappa shape index (κ2) is 5.68. The van der Waals surface area contributed by atoms with Gasteiger partial charge in [-0.3, -0.25) is 0 Å². The molecule has 96 valence electrons. The summed E-state index contributed by atoms with van der Waals surface area (Å²) in [6, 6.07) is 6.46. The number of nitrogens with two attached hydrogens (primary N) is 1. The van der Waals surface area contributed by atoms with E-state index in [0.717, 1.165) is 17.0 Å². The van der Waals surface area contributed by atoms with Gasteiger partial charge in [-0.05, 0) is 35.6 Å². The Morgan fingerprint density at radius 3 is 2.78 bits per heavy atom. The molecule has 2 aromatic rings. The van der Waals surface area contributed by atoms with Crippen LogP contribution in [0.15, 0.2) is 24.3 Å². The average molecular weight is 267 g/mol. The molecule has 0 fully saturated rings. The zero-order valence-corrected chi connectivity index (χ0v) is 10.8. The molecule has 0 spiro atoms. The van der Waals surface area contributed by atoms with E-state index in [2.05, 4.69) is 9.69 Å². The van der Waals surface area contributed by atoms with Crippen molar-refractivity contribution in [3.63, 3.8) is 0 Å². The summed E-state index contributed by atoms with van der Waals surface area (Å²) in [7, 11) is 1.56. The number of aromatic nitrogens is 1. The molecule has 0 radical (unpaired) electrons. The maximum absolute atomic E-state index is 12.7. The Bertz CT molecular complexity index is 513. The van der Waals surface area contributed by atoms with E-state index in [1.54, 1.807) is 19.2 Å². The molecule has 6 heteroatoms. The van der Waals surface area contributed by atoms with Gasteiger partial charge in [-0.1, -0.05) is 12.1 Å². The molecular weight excluding hydrogens is 253 g/mol. The number of methoxy groups -OCH3 is 1. The van der Waals surface area contributed by atoms with Crippen molar-refractivity contribution >= 4 is 22.4 Å². The van der Waals surface area contributed by atoms with Crippen molar-refractivity contribution < 1.29 is 9.13 Å². The molecule has 18 heavy (non-hydrogen) atoms. The van der Waals surface area contributed by atoms with E-state index in [4.69, 9.17) is 10.5 Å². The standard InChI is InChI=1S/C12H14FN3OS/c1-17-10-11(14)16-18-12(10)15-7-6-8-2-4-9(13)5-3-8/h2-5,15H,6-7H2,1H3,(H2,14,16). The predicted molar refractivity (Wildman–Crippen MR) is 71.7 cm³/mol. The fraction of sp³-hybridized carbons (Fsp3) is 0.250. The number of nitrogen functional groups attached to an aromatic ring is 1.